The van der Waals surface area contributed by atoms with Crippen molar-refractivity contribution in [1.82, 2.24) is 5.32 Å². The van der Waals surface area contributed by atoms with Crippen LogP contribution in [0.2, 0.25) is 0 Å². The Kier molecular flexibility index (Phi) is 5.28. The molecule has 0 saturated carbocycles. The largest absolute Gasteiger partial charge is 0.481 e. The van der Waals surface area contributed by atoms with Gasteiger partial charge in [-0.2, -0.15) is 0 Å². The standard InChI is InChI=1S/C14H20FNO2/c1-14(2,10-16-9-3-4-13(17)18)11-5-7-12(15)8-6-11/h5-8,16H,3-4,9-10H2,1-2H3,(H,17,18). The number of carbonyl (C=O) groups is 1. The van der Waals surface area contributed by atoms with Gasteiger partial charge in [-0.3, -0.25) is 4.79 Å². The molecular formula is C14H20FNO2. The summed E-state index contributed by atoms with van der Waals surface area (Å²) in [6, 6.07) is 6.49. The molecule has 0 saturated heterocycles. The predicted octanol–water partition coefficient (Wildman–Crippen LogP) is 2.56. The van der Waals surface area contributed by atoms with E-state index >= 15 is 0 Å². The van der Waals surface area contributed by atoms with E-state index in [1.165, 1.54) is 12.1 Å². The van der Waals surface area contributed by atoms with E-state index in [1.807, 2.05) is 0 Å². The quantitative estimate of drug-likeness (QED) is 0.734. The van der Waals surface area contributed by atoms with Gasteiger partial charge in [-0.1, -0.05) is 26.0 Å². The predicted molar refractivity (Wildman–Crippen MR) is 69.2 cm³/mol. The van der Waals surface area contributed by atoms with Gasteiger partial charge in [-0.15, -0.1) is 0 Å². The maximum absolute atomic E-state index is 12.8. The molecule has 0 amide bonds. The molecule has 0 bridgehead atoms. The average Bonchev–Trinajstić information content (AvgIpc) is 2.28. The minimum Gasteiger partial charge on any atom is -0.481 e. The summed E-state index contributed by atoms with van der Waals surface area (Å²) in [4.78, 5) is 10.3. The fourth-order valence-electron chi connectivity index (χ4n) is 1.77. The van der Waals surface area contributed by atoms with Crippen molar-refractivity contribution in [2.24, 2.45) is 0 Å². The van der Waals surface area contributed by atoms with Crippen LogP contribution in [0.4, 0.5) is 4.39 Å². The van der Waals surface area contributed by atoms with Crippen LogP contribution < -0.4 is 5.32 Å². The first-order valence-electron chi connectivity index (χ1n) is 6.10. The van der Waals surface area contributed by atoms with Gasteiger partial charge in [-0.25, -0.2) is 4.39 Å². The lowest BCUT2D eigenvalue weighted by Crippen LogP contribution is -2.33. The van der Waals surface area contributed by atoms with Crippen LogP contribution >= 0.6 is 0 Å². The van der Waals surface area contributed by atoms with E-state index < -0.39 is 5.97 Å². The molecule has 2 N–H and O–H groups in total. The van der Waals surface area contributed by atoms with Gasteiger partial charge >= 0.3 is 5.97 Å². The Morgan fingerprint density at radius 3 is 2.50 bits per heavy atom. The van der Waals surface area contributed by atoms with Crippen molar-refractivity contribution >= 4 is 5.97 Å². The summed E-state index contributed by atoms with van der Waals surface area (Å²) in [5.74, 6) is -1.00. The van der Waals surface area contributed by atoms with Crippen LogP contribution in [0.15, 0.2) is 24.3 Å². The molecule has 4 heteroatoms. The minimum absolute atomic E-state index is 0.100. The zero-order chi connectivity index (χ0) is 13.6. The third kappa shape index (κ3) is 4.84. The second kappa shape index (κ2) is 6.50. The first kappa shape index (κ1) is 14.6. The monoisotopic (exact) mass is 253 g/mol. The lowest BCUT2D eigenvalue weighted by atomic mass is 9.84. The summed E-state index contributed by atoms with van der Waals surface area (Å²) >= 11 is 0. The summed E-state index contributed by atoms with van der Waals surface area (Å²) in [5.41, 5.74) is 0.964. The van der Waals surface area contributed by atoms with Gasteiger partial charge in [0.25, 0.3) is 0 Å². The van der Waals surface area contributed by atoms with Crippen molar-refractivity contribution in [3.05, 3.63) is 35.6 Å². The average molecular weight is 253 g/mol. The molecule has 18 heavy (non-hydrogen) atoms. The molecular weight excluding hydrogens is 233 g/mol. The van der Waals surface area contributed by atoms with Crippen molar-refractivity contribution < 1.29 is 14.3 Å². The van der Waals surface area contributed by atoms with E-state index in [0.717, 1.165) is 12.1 Å². The molecule has 0 radical (unpaired) electrons. The van der Waals surface area contributed by atoms with E-state index in [9.17, 15) is 9.18 Å². The van der Waals surface area contributed by atoms with Crippen molar-refractivity contribution in [2.45, 2.75) is 32.1 Å². The second-order valence-corrected chi connectivity index (χ2v) is 5.06. The summed E-state index contributed by atoms with van der Waals surface area (Å²) in [6.07, 6.45) is 0.804. The molecule has 3 nitrogen and oxygen atoms in total. The Morgan fingerprint density at radius 2 is 1.94 bits per heavy atom. The molecule has 0 aliphatic heterocycles. The van der Waals surface area contributed by atoms with E-state index in [1.54, 1.807) is 12.1 Å². The van der Waals surface area contributed by atoms with E-state index in [4.69, 9.17) is 5.11 Å². The van der Waals surface area contributed by atoms with Crippen LogP contribution in [-0.4, -0.2) is 24.2 Å². The number of hydrogen-bond acceptors (Lipinski definition) is 2. The normalized spacial score (nSPS) is 11.5. The molecule has 0 aliphatic rings. The Bertz CT molecular complexity index is 387. The van der Waals surface area contributed by atoms with E-state index in [2.05, 4.69) is 19.2 Å². The molecule has 1 aromatic carbocycles. The number of carboxylic acid groups (broad SMARTS) is 1. The number of aliphatic carboxylic acids is 1. The fourth-order valence-corrected chi connectivity index (χ4v) is 1.77. The minimum atomic E-state index is -0.769. The molecule has 0 unspecified atom stereocenters. The Morgan fingerprint density at radius 1 is 1.33 bits per heavy atom. The van der Waals surface area contributed by atoms with Gasteiger partial charge in [0.05, 0.1) is 0 Å². The lowest BCUT2D eigenvalue weighted by molar-refractivity contribution is -0.137. The van der Waals surface area contributed by atoms with Gasteiger partial charge < -0.3 is 10.4 Å². The fraction of sp³-hybridized carbons (Fsp3) is 0.500. The molecule has 1 rings (SSSR count). The number of halogens is 1. The highest BCUT2D eigenvalue weighted by molar-refractivity contribution is 5.66. The molecule has 0 heterocycles. The van der Waals surface area contributed by atoms with Crippen molar-refractivity contribution in [3.8, 4) is 0 Å². The maximum Gasteiger partial charge on any atom is 0.303 e. The Balaban J connectivity index is 2.39. The highest BCUT2D eigenvalue weighted by atomic mass is 19.1. The number of benzene rings is 1. The molecule has 0 atom stereocenters. The van der Waals surface area contributed by atoms with Crippen molar-refractivity contribution in [2.75, 3.05) is 13.1 Å². The zero-order valence-electron chi connectivity index (χ0n) is 10.9. The van der Waals surface area contributed by atoms with Crippen LogP contribution in [0.25, 0.3) is 0 Å². The molecule has 0 fully saturated rings. The maximum atomic E-state index is 12.8. The van der Waals surface area contributed by atoms with Crippen LogP contribution in [0.5, 0.6) is 0 Å². The molecule has 1 aromatic rings. The molecule has 0 aromatic heterocycles. The Labute approximate surface area is 107 Å². The molecule has 100 valence electrons. The van der Waals surface area contributed by atoms with Crippen LogP contribution in [0.3, 0.4) is 0 Å². The summed E-state index contributed by atoms with van der Waals surface area (Å²) in [7, 11) is 0. The van der Waals surface area contributed by atoms with E-state index in [0.29, 0.717) is 13.0 Å². The van der Waals surface area contributed by atoms with Crippen LogP contribution in [0, 0.1) is 5.82 Å². The summed E-state index contributed by atoms with van der Waals surface area (Å²) in [5, 5.41) is 11.8. The number of hydrogen-bond donors (Lipinski definition) is 2. The summed E-state index contributed by atoms with van der Waals surface area (Å²) in [6.45, 7) is 5.56. The Hall–Kier alpha value is -1.42. The SMILES string of the molecule is CC(C)(CNCCCC(=O)O)c1ccc(F)cc1. The third-order valence-corrected chi connectivity index (χ3v) is 2.94. The van der Waals surface area contributed by atoms with Crippen LogP contribution in [-0.2, 0) is 10.2 Å². The molecule has 0 spiro atoms. The van der Waals surface area contributed by atoms with Crippen molar-refractivity contribution in [1.29, 1.82) is 0 Å². The van der Waals surface area contributed by atoms with Gasteiger partial charge in [0.1, 0.15) is 5.82 Å². The van der Waals surface area contributed by atoms with Gasteiger partial charge in [-0.05, 0) is 30.7 Å². The van der Waals surface area contributed by atoms with Crippen molar-refractivity contribution in [3.63, 3.8) is 0 Å². The molecule has 0 aliphatic carbocycles. The smallest absolute Gasteiger partial charge is 0.303 e. The van der Waals surface area contributed by atoms with Crippen LogP contribution in [0.1, 0.15) is 32.3 Å². The summed E-state index contributed by atoms with van der Waals surface area (Å²) < 4.78 is 12.8. The first-order valence-corrected chi connectivity index (χ1v) is 6.10. The van der Waals surface area contributed by atoms with E-state index in [-0.39, 0.29) is 17.7 Å². The van der Waals surface area contributed by atoms with Gasteiger partial charge in [0.2, 0.25) is 0 Å². The topological polar surface area (TPSA) is 49.3 Å². The highest BCUT2D eigenvalue weighted by Gasteiger charge is 2.19. The number of carboxylic acids is 1. The zero-order valence-corrected chi connectivity index (χ0v) is 10.9. The second-order valence-electron chi connectivity index (χ2n) is 5.06. The van der Waals surface area contributed by atoms with Gasteiger partial charge in [0.15, 0.2) is 0 Å². The first-order chi connectivity index (χ1) is 8.42. The highest BCUT2D eigenvalue weighted by Crippen LogP contribution is 2.22. The lowest BCUT2D eigenvalue weighted by Gasteiger charge is -2.25. The third-order valence-electron chi connectivity index (χ3n) is 2.94. The number of rotatable bonds is 7. The van der Waals surface area contributed by atoms with Gasteiger partial charge in [0, 0.05) is 18.4 Å². The number of nitrogens with one attached hydrogen (secondary N) is 1.